The summed E-state index contributed by atoms with van der Waals surface area (Å²) in [5.74, 6) is -1.21. The zero-order valence-electron chi connectivity index (χ0n) is 7.57. The van der Waals surface area contributed by atoms with Crippen molar-refractivity contribution in [2.45, 2.75) is 13.0 Å². The third-order valence-corrected chi connectivity index (χ3v) is 1.62. The topological polar surface area (TPSA) is 46.5 Å². The maximum absolute atomic E-state index is 12.7. The maximum atomic E-state index is 12.7. The summed E-state index contributed by atoms with van der Waals surface area (Å²) in [5, 5.41) is 8.31. The van der Waals surface area contributed by atoms with Gasteiger partial charge in [-0.1, -0.05) is 12.1 Å². The molecule has 0 atom stereocenters. The lowest BCUT2D eigenvalue weighted by Crippen LogP contribution is -2.02. The highest BCUT2D eigenvalue weighted by Crippen LogP contribution is 2.04. The van der Waals surface area contributed by atoms with E-state index in [9.17, 15) is 9.18 Å². The second kappa shape index (κ2) is 5.34. The minimum atomic E-state index is -0.899. The summed E-state index contributed by atoms with van der Waals surface area (Å²) in [6.07, 6.45) is -0.0324. The maximum Gasteiger partial charge on any atom is 0.305 e. The number of carbonyl (C=O) groups is 1. The Bertz CT molecular complexity index is 312. The van der Waals surface area contributed by atoms with Crippen LogP contribution in [-0.4, -0.2) is 17.7 Å². The Labute approximate surface area is 81.1 Å². The van der Waals surface area contributed by atoms with Crippen molar-refractivity contribution in [3.05, 3.63) is 35.6 Å². The van der Waals surface area contributed by atoms with Gasteiger partial charge >= 0.3 is 5.97 Å². The molecule has 0 saturated carbocycles. The van der Waals surface area contributed by atoms with Gasteiger partial charge < -0.3 is 9.84 Å². The van der Waals surface area contributed by atoms with Gasteiger partial charge in [0.05, 0.1) is 19.6 Å². The van der Waals surface area contributed by atoms with Gasteiger partial charge in [0, 0.05) is 0 Å². The van der Waals surface area contributed by atoms with Crippen LogP contribution in [0.1, 0.15) is 12.0 Å². The van der Waals surface area contributed by atoms with Gasteiger partial charge in [-0.05, 0) is 17.7 Å². The molecule has 1 N–H and O–H groups in total. The van der Waals surface area contributed by atoms with Crippen LogP contribution in [0.4, 0.5) is 4.39 Å². The van der Waals surface area contributed by atoms with Crippen molar-refractivity contribution in [2.24, 2.45) is 0 Å². The highest BCUT2D eigenvalue weighted by molar-refractivity contribution is 5.66. The van der Waals surface area contributed by atoms with Gasteiger partial charge in [-0.2, -0.15) is 0 Å². The average molecular weight is 198 g/mol. The first-order valence-electron chi connectivity index (χ1n) is 4.22. The van der Waals surface area contributed by atoms with Gasteiger partial charge in [0.1, 0.15) is 5.82 Å². The van der Waals surface area contributed by atoms with E-state index >= 15 is 0 Å². The summed E-state index contributed by atoms with van der Waals surface area (Å²) in [6, 6.07) is 6.02. The van der Waals surface area contributed by atoms with Crippen molar-refractivity contribution in [3.63, 3.8) is 0 Å². The molecular weight excluding hydrogens is 187 g/mol. The Morgan fingerprint density at radius 2 is 2.29 bits per heavy atom. The molecule has 0 aromatic heterocycles. The lowest BCUT2D eigenvalue weighted by Gasteiger charge is -2.02. The first kappa shape index (κ1) is 10.7. The molecule has 0 spiro atoms. The van der Waals surface area contributed by atoms with Crippen molar-refractivity contribution < 1.29 is 19.0 Å². The molecule has 1 aromatic carbocycles. The van der Waals surface area contributed by atoms with Crippen LogP contribution in [0.3, 0.4) is 0 Å². The molecule has 0 heterocycles. The van der Waals surface area contributed by atoms with Crippen LogP contribution in [0, 0.1) is 5.82 Å². The Balaban J connectivity index is 2.28. The van der Waals surface area contributed by atoms with Gasteiger partial charge in [0.2, 0.25) is 0 Å². The summed E-state index contributed by atoms with van der Waals surface area (Å²) in [4.78, 5) is 10.1. The minimum Gasteiger partial charge on any atom is -0.481 e. The zero-order valence-corrected chi connectivity index (χ0v) is 7.57. The number of rotatable bonds is 5. The molecule has 1 rings (SSSR count). The van der Waals surface area contributed by atoms with Crippen LogP contribution in [-0.2, 0) is 16.1 Å². The third-order valence-electron chi connectivity index (χ3n) is 1.62. The summed E-state index contributed by atoms with van der Waals surface area (Å²) >= 11 is 0. The predicted octanol–water partition coefficient (Wildman–Crippen LogP) is 1.82. The second-order valence-electron chi connectivity index (χ2n) is 2.83. The van der Waals surface area contributed by atoms with E-state index in [1.54, 1.807) is 12.1 Å². The van der Waals surface area contributed by atoms with E-state index in [4.69, 9.17) is 9.84 Å². The molecule has 0 amide bonds. The monoisotopic (exact) mass is 198 g/mol. The average Bonchev–Trinajstić information content (AvgIpc) is 2.12. The molecule has 0 aliphatic rings. The van der Waals surface area contributed by atoms with Crippen LogP contribution in [0.5, 0.6) is 0 Å². The molecule has 76 valence electrons. The predicted molar refractivity (Wildman–Crippen MR) is 48.3 cm³/mol. The lowest BCUT2D eigenvalue weighted by molar-refractivity contribution is -0.138. The number of benzene rings is 1. The number of ether oxygens (including phenoxy) is 1. The third kappa shape index (κ3) is 4.00. The van der Waals surface area contributed by atoms with Gasteiger partial charge in [-0.3, -0.25) is 4.79 Å². The highest BCUT2D eigenvalue weighted by Gasteiger charge is 1.98. The quantitative estimate of drug-likeness (QED) is 0.734. The molecule has 1 aromatic rings. The molecule has 0 bridgehead atoms. The van der Waals surface area contributed by atoms with Crippen molar-refractivity contribution >= 4 is 5.97 Å². The molecule has 0 aliphatic heterocycles. The normalized spacial score (nSPS) is 10.1. The van der Waals surface area contributed by atoms with E-state index in [1.807, 2.05) is 0 Å². The summed E-state index contributed by atoms with van der Waals surface area (Å²) in [7, 11) is 0. The number of hydrogen-bond donors (Lipinski definition) is 1. The molecule has 0 fully saturated rings. The molecule has 3 nitrogen and oxygen atoms in total. The SMILES string of the molecule is O=C(O)CCOCc1cccc(F)c1. The van der Waals surface area contributed by atoms with E-state index in [-0.39, 0.29) is 25.5 Å². The zero-order chi connectivity index (χ0) is 10.4. The highest BCUT2D eigenvalue weighted by atomic mass is 19.1. The smallest absolute Gasteiger partial charge is 0.305 e. The number of hydrogen-bond acceptors (Lipinski definition) is 2. The van der Waals surface area contributed by atoms with Crippen LogP contribution in [0.15, 0.2) is 24.3 Å². The van der Waals surface area contributed by atoms with Crippen molar-refractivity contribution in [1.29, 1.82) is 0 Å². The number of aliphatic carboxylic acids is 1. The van der Waals surface area contributed by atoms with Crippen molar-refractivity contribution in [1.82, 2.24) is 0 Å². The fourth-order valence-electron chi connectivity index (χ4n) is 0.976. The van der Waals surface area contributed by atoms with Crippen LogP contribution < -0.4 is 0 Å². The lowest BCUT2D eigenvalue weighted by atomic mass is 10.2. The molecule has 0 saturated heterocycles. The second-order valence-corrected chi connectivity index (χ2v) is 2.83. The standard InChI is InChI=1S/C10H11FO3/c11-9-3-1-2-8(6-9)7-14-5-4-10(12)13/h1-3,6H,4-5,7H2,(H,12,13). The molecule has 0 unspecified atom stereocenters. The largest absolute Gasteiger partial charge is 0.481 e. The molecule has 14 heavy (non-hydrogen) atoms. The summed E-state index contributed by atoms with van der Waals surface area (Å²) < 4.78 is 17.7. The van der Waals surface area contributed by atoms with E-state index in [0.717, 1.165) is 0 Å². The van der Waals surface area contributed by atoms with Gasteiger partial charge in [-0.15, -0.1) is 0 Å². The molecule has 0 aliphatic carbocycles. The minimum absolute atomic E-state index is 0.0324. The fourth-order valence-corrected chi connectivity index (χ4v) is 0.976. The Morgan fingerprint density at radius 1 is 1.50 bits per heavy atom. The number of carboxylic acid groups (broad SMARTS) is 1. The first-order chi connectivity index (χ1) is 6.68. The first-order valence-corrected chi connectivity index (χ1v) is 4.22. The number of carboxylic acids is 1. The van der Waals surface area contributed by atoms with E-state index in [2.05, 4.69) is 0 Å². The molecule has 4 heteroatoms. The Kier molecular flexibility index (Phi) is 4.07. The van der Waals surface area contributed by atoms with E-state index in [1.165, 1.54) is 12.1 Å². The van der Waals surface area contributed by atoms with Gasteiger partial charge in [0.15, 0.2) is 0 Å². The molecular formula is C10H11FO3. The van der Waals surface area contributed by atoms with Crippen LogP contribution in [0.25, 0.3) is 0 Å². The van der Waals surface area contributed by atoms with Crippen LogP contribution in [0.2, 0.25) is 0 Å². The van der Waals surface area contributed by atoms with Crippen molar-refractivity contribution in [2.75, 3.05) is 6.61 Å². The van der Waals surface area contributed by atoms with Gasteiger partial charge in [-0.25, -0.2) is 4.39 Å². The summed E-state index contributed by atoms with van der Waals surface area (Å²) in [6.45, 7) is 0.386. The Hall–Kier alpha value is -1.42. The summed E-state index contributed by atoms with van der Waals surface area (Å²) in [5.41, 5.74) is 0.704. The Morgan fingerprint density at radius 3 is 2.93 bits per heavy atom. The van der Waals surface area contributed by atoms with E-state index in [0.29, 0.717) is 5.56 Å². The molecule has 0 radical (unpaired) electrons. The van der Waals surface area contributed by atoms with Crippen LogP contribution >= 0.6 is 0 Å². The number of halogens is 1. The van der Waals surface area contributed by atoms with Crippen molar-refractivity contribution in [3.8, 4) is 0 Å². The fraction of sp³-hybridized carbons (Fsp3) is 0.300. The van der Waals surface area contributed by atoms with Gasteiger partial charge in [0.25, 0.3) is 0 Å². The van der Waals surface area contributed by atoms with E-state index < -0.39 is 5.97 Å².